The summed E-state index contributed by atoms with van der Waals surface area (Å²) in [6, 6.07) is 3.69. The number of unbranched alkanes of at least 4 members (excludes halogenated alkanes) is 3. The van der Waals surface area contributed by atoms with Gasteiger partial charge in [0.2, 0.25) is 11.8 Å². The Morgan fingerprint density at radius 2 is 1.60 bits per heavy atom. The first kappa shape index (κ1) is 39.2. The molecule has 1 aromatic carbocycles. The molecule has 0 saturated carbocycles. The average Bonchev–Trinajstić information content (AvgIpc) is 3.73. The zero-order chi connectivity index (χ0) is 36.0. The Kier molecular flexibility index (Phi) is 15.0. The van der Waals surface area contributed by atoms with Gasteiger partial charge in [-0.25, -0.2) is 9.59 Å². The molecule has 18 heteroatoms. The molecule has 14 nitrogen and oxygen atoms in total. The number of carbonyl (C=O) groups excluding carboxylic acids is 4. The summed E-state index contributed by atoms with van der Waals surface area (Å²) in [6.45, 7) is 1.71. The van der Waals surface area contributed by atoms with Crippen LogP contribution in [0.5, 0.6) is 5.75 Å². The van der Waals surface area contributed by atoms with Gasteiger partial charge in [-0.2, -0.15) is 24.9 Å². The first-order chi connectivity index (χ1) is 24.0. The summed E-state index contributed by atoms with van der Waals surface area (Å²) in [5, 5.41) is 18.4. The standard InChI is InChI=1S/C32H45F3N6O8S/c1-46-29(44)22-11-10-21(31(40-41-31)32(33,34)35)19-24(22)49-18-17-48-16-15-47-14-13-37-27(43)8-3-2-6-12-36-26(42)9-5-4-7-25-28-23(20-50-25)38-30(45)39-28/h10-11,19,23,25,28H,2-9,12-18,20H2,1H3,(H,36,42)(H,37,43)(H2,38,39,45)/t23-,25-,28-/m0/s1. The number of urea groups is 1. The molecule has 4 N–H and O–H groups in total. The Labute approximate surface area is 292 Å². The van der Waals surface area contributed by atoms with Gasteiger partial charge in [-0.1, -0.05) is 18.9 Å². The van der Waals surface area contributed by atoms with Gasteiger partial charge in [0.05, 0.1) is 45.6 Å². The van der Waals surface area contributed by atoms with Crippen LogP contribution in [0, 0.1) is 0 Å². The number of benzene rings is 1. The third-order valence-electron chi connectivity index (χ3n) is 8.39. The number of nitrogens with one attached hydrogen (secondary N) is 4. The van der Waals surface area contributed by atoms with Gasteiger partial charge in [0.1, 0.15) is 17.9 Å². The first-order valence-corrected chi connectivity index (χ1v) is 17.8. The summed E-state index contributed by atoms with van der Waals surface area (Å²) in [7, 11) is 1.15. The van der Waals surface area contributed by atoms with Crippen molar-refractivity contribution >= 4 is 35.6 Å². The molecule has 0 bridgehead atoms. The summed E-state index contributed by atoms with van der Waals surface area (Å²) in [4.78, 5) is 47.7. The minimum atomic E-state index is -4.72. The van der Waals surface area contributed by atoms with Crippen molar-refractivity contribution in [2.24, 2.45) is 10.2 Å². The predicted octanol–water partition coefficient (Wildman–Crippen LogP) is 3.58. The van der Waals surface area contributed by atoms with E-state index >= 15 is 0 Å². The maximum Gasteiger partial charge on any atom is 0.442 e. The lowest BCUT2D eigenvalue weighted by Crippen LogP contribution is -2.36. The van der Waals surface area contributed by atoms with E-state index in [2.05, 4.69) is 36.2 Å². The maximum absolute atomic E-state index is 13.4. The number of amides is 4. The minimum Gasteiger partial charge on any atom is -0.490 e. The number of esters is 1. The van der Waals surface area contributed by atoms with Crippen LogP contribution in [-0.4, -0.2) is 106 Å². The normalized spacial score (nSPS) is 20.1. The summed E-state index contributed by atoms with van der Waals surface area (Å²) >= 11 is 1.88. The van der Waals surface area contributed by atoms with Crippen molar-refractivity contribution in [3.8, 4) is 5.75 Å². The molecule has 0 aromatic heterocycles. The molecule has 0 aliphatic carbocycles. The molecule has 3 aliphatic rings. The van der Waals surface area contributed by atoms with Crippen molar-refractivity contribution in [3.05, 3.63) is 29.3 Å². The van der Waals surface area contributed by atoms with E-state index in [1.807, 2.05) is 11.8 Å². The van der Waals surface area contributed by atoms with Crippen LogP contribution in [0.3, 0.4) is 0 Å². The molecule has 3 aliphatic heterocycles. The number of ether oxygens (including phenoxy) is 4. The molecule has 2 saturated heterocycles. The number of nitrogens with zero attached hydrogens (tertiary/aromatic N) is 2. The Morgan fingerprint density at radius 3 is 2.30 bits per heavy atom. The molecular weight excluding hydrogens is 685 g/mol. The Morgan fingerprint density at radius 1 is 0.920 bits per heavy atom. The second-order valence-corrected chi connectivity index (χ2v) is 13.3. The van der Waals surface area contributed by atoms with Crippen molar-refractivity contribution < 1.29 is 51.3 Å². The fourth-order valence-corrected chi connectivity index (χ4v) is 7.18. The van der Waals surface area contributed by atoms with Gasteiger partial charge in [-0.15, -0.1) is 10.2 Å². The molecule has 0 spiro atoms. The largest absolute Gasteiger partial charge is 0.490 e. The summed E-state index contributed by atoms with van der Waals surface area (Å²) in [5.74, 6) is 0.0239. The summed E-state index contributed by atoms with van der Waals surface area (Å²) in [6.07, 6.45) is 1.23. The van der Waals surface area contributed by atoms with Crippen molar-refractivity contribution in [2.45, 2.75) is 80.5 Å². The van der Waals surface area contributed by atoms with E-state index in [-0.39, 0.29) is 73.2 Å². The number of carbonyl (C=O) groups is 4. The SMILES string of the molecule is COC(=O)c1ccc(C2(C(F)(F)F)N=N2)cc1OCCOCCOCCNC(=O)CCCCCNC(=O)CCCC[C@@H]1SC[C@@H]2NC(=O)N[C@@H]21. The Balaban J connectivity index is 0.937. The van der Waals surface area contributed by atoms with Gasteiger partial charge in [-0.05, 0) is 37.8 Å². The highest BCUT2D eigenvalue weighted by Gasteiger charge is 2.65. The number of fused-ring (bicyclic) bond motifs is 1. The van der Waals surface area contributed by atoms with Crippen LogP contribution in [0.25, 0.3) is 0 Å². The van der Waals surface area contributed by atoms with Gasteiger partial charge >= 0.3 is 23.8 Å². The number of methoxy groups -OCH3 is 1. The van der Waals surface area contributed by atoms with Gasteiger partial charge < -0.3 is 40.2 Å². The van der Waals surface area contributed by atoms with Crippen LogP contribution < -0.4 is 26.0 Å². The monoisotopic (exact) mass is 730 g/mol. The first-order valence-electron chi connectivity index (χ1n) is 16.8. The summed E-state index contributed by atoms with van der Waals surface area (Å²) in [5.41, 5.74) is -2.96. The van der Waals surface area contributed by atoms with Gasteiger partial charge in [0.15, 0.2) is 0 Å². The van der Waals surface area contributed by atoms with Crippen LogP contribution >= 0.6 is 11.8 Å². The average molecular weight is 731 g/mol. The van der Waals surface area contributed by atoms with Crippen LogP contribution in [0.1, 0.15) is 67.3 Å². The van der Waals surface area contributed by atoms with Crippen LogP contribution in [0.4, 0.5) is 18.0 Å². The maximum atomic E-state index is 13.4. The molecule has 3 atom stereocenters. The van der Waals surface area contributed by atoms with Crippen molar-refractivity contribution in [2.75, 3.05) is 59.0 Å². The zero-order valence-corrected chi connectivity index (χ0v) is 28.8. The lowest BCUT2D eigenvalue weighted by atomic mass is 10.0. The molecule has 4 amide bonds. The molecule has 2 fully saturated rings. The highest BCUT2D eigenvalue weighted by atomic mass is 32.2. The van der Waals surface area contributed by atoms with Gasteiger partial charge in [0.25, 0.3) is 0 Å². The fraction of sp³-hybridized carbons (Fsp3) is 0.688. The van der Waals surface area contributed by atoms with E-state index in [9.17, 15) is 32.3 Å². The number of halogens is 3. The number of alkyl halides is 3. The van der Waals surface area contributed by atoms with E-state index in [0.717, 1.165) is 57.1 Å². The number of hydrogen-bond acceptors (Lipinski definition) is 11. The van der Waals surface area contributed by atoms with E-state index in [1.165, 1.54) is 6.07 Å². The van der Waals surface area contributed by atoms with Crippen molar-refractivity contribution in [3.63, 3.8) is 0 Å². The lowest BCUT2D eigenvalue weighted by Gasteiger charge is -2.17. The fourth-order valence-electron chi connectivity index (χ4n) is 5.64. The molecule has 0 radical (unpaired) electrons. The third-order valence-corrected chi connectivity index (χ3v) is 9.90. The second kappa shape index (κ2) is 19.1. The Hall–Kier alpha value is -3.64. The third kappa shape index (κ3) is 11.4. The quantitative estimate of drug-likeness (QED) is 0.0745. The van der Waals surface area contributed by atoms with E-state index < -0.39 is 17.8 Å². The second-order valence-electron chi connectivity index (χ2n) is 12.0. The highest BCUT2D eigenvalue weighted by Crippen LogP contribution is 2.53. The molecule has 50 heavy (non-hydrogen) atoms. The number of hydrogen-bond donors (Lipinski definition) is 4. The van der Waals surface area contributed by atoms with E-state index in [0.29, 0.717) is 44.2 Å². The molecule has 4 rings (SSSR count). The topological polar surface area (TPSA) is 178 Å². The van der Waals surface area contributed by atoms with Crippen LogP contribution in [0.15, 0.2) is 28.4 Å². The Bertz CT molecular complexity index is 1350. The zero-order valence-electron chi connectivity index (χ0n) is 28.0. The van der Waals surface area contributed by atoms with Gasteiger partial charge in [0, 0.05) is 42.5 Å². The smallest absolute Gasteiger partial charge is 0.442 e. The van der Waals surface area contributed by atoms with Crippen LogP contribution in [-0.2, 0) is 29.5 Å². The minimum absolute atomic E-state index is 0.0391. The molecule has 1 aromatic rings. The van der Waals surface area contributed by atoms with E-state index in [4.69, 9.17) is 14.2 Å². The lowest BCUT2D eigenvalue weighted by molar-refractivity contribution is -0.166. The molecule has 3 heterocycles. The molecule has 0 unspecified atom stereocenters. The van der Waals surface area contributed by atoms with E-state index in [1.54, 1.807) is 0 Å². The summed E-state index contributed by atoms with van der Waals surface area (Å²) < 4.78 is 61.2. The van der Waals surface area contributed by atoms with Crippen molar-refractivity contribution in [1.82, 2.24) is 21.3 Å². The van der Waals surface area contributed by atoms with Gasteiger partial charge in [-0.3, -0.25) is 9.59 Å². The van der Waals surface area contributed by atoms with Crippen LogP contribution in [0.2, 0.25) is 0 Å². The number of rotatable bonds is 23. The predicted molar refractivity (Wildman–Crippen MR) is 176 cm³/mol. The number of thioether (sulfide) groups is 1. The molecular formula is C32H45F3N6O8S. The molecule has 278 valence electrons. The van der Waals surface area contributed by atoms with Crippen molar-refractivity contribution in [1.29, 1.82) is 0 Å². The highest BCUT2D eigenvalue weighted by molar-refractivity contribution is 8.00.